The zero-order chi connectivity index (χ0) is 4.28. The van der Waals surface area contributed by atoms with Crippen LogP contribution in [-0.2, 0) is 0 Å². The normalized spacial score (nSPS) is 12.7. The van der Waals surface area contributed by atoms with E-state index in [4.69, 9.17) is 0 Å². The summed E-state index contributed by atoms with van der Waals surface area (Å²) in [6, 6.07) is 0. The van der Waals surface area contributed by atoms with Gasteiger partial charge in [0.25, 0.3) is 0 Å². The molecule has 0 saturated heterocycles. The van der Waals surface area contributed by atoms with E-state index in [-0.39, 0.29) is 8.41 Å². The third kappa shape index (κ3) is 8.91. The molecule has 0 nitrogen and oxygen atoms in total. The average molecular weight is 93.9 g/mol. The van der Waals surface area contributed by atoms with Crippen molar-refractivity contribution in [1.29, 1.82) is 0 Å². The van der Waals surface area contributed by atoms with Crippen molar-refractivity contribution in [2.24, 2.45) is 0 Å². The van der Waals surface area contributed by atoms with Gasteiger partial charge in [-0.3, -0.25) is 0 Å². The monoisotopic (exact) mass is 94.1 g/mol. The van der Waals surface area contributed by atoms with E-state index < -0.39 is 0 Å². The molecule has 0 radical (unpaired) electrons. The molecule has 0 aromatic rings. The fourth-order valence-corrected chi connectivity index (χ4v) is 0. The molecule has 0 fully saturated rings. The SMILES string of the molecule is B.CC[CH](C)[Na]. The second kappa shape index (κ2) is 6.06. The van der Waals surface area contributed by atoms with Crippen LogP contribution in [0.5, 0.6) is 0 Å². The molecule has 0 aliphatic heterocycles. The van der Waals surface area contributed by atoms with Crippen LogP contribution in [0.4, 0.5) is 0 Å². The first-order chi connectivity index (χ1) is 2.27. The molecule has 0 spiro atoms. The van der Waals surface area contributed by atoms with E-state index >= 15 is 0 Å². The maximum atomic E-state index is 2.28. The van der Waals surface area contributed by atoms with Gasteiger partial charge in [-0.05, 0) is 0 Å². The number of hydrogen-bond acceptors (Lipinski definition) is 0. The van der Waals surface area contributed by atoms with E-state index in [0.717, 1.165) is 3.17 Å². The van der Waals surface area contributed by atoms with Crippen LogP contribution in [0.2, 0.25) is 3.17 Å². The van der Waals surface area contributed by atoms with Crippen LogP contribution < -0.4 is 0 Å². The first-order valence-electron chi connectivity index (χ1n) is 2.27. The molecule has 0 heterocycles. The van der Waals surface area contributed by atoms with Crippen LogP contribution in [-0.4, -0.2) is 36.3 Å². The van der Waals surface area contributed by atoms with E-state index in [9.17, 15) is 0 Å². The Labute approximate surface area is 59.7 Å². The van der Waals surface area contributed by atoms with Gasteiger partial charge in [0.2, 0.25) is 0 Å². The van der Waals surface area contributed by atoms with Gasteiger partial charge in [-0.2, -0.15) is 0 Å². The topological polar surface area (TPSA) is 0 Å². The van der Waals surface area contributed by atoms with Gasteiger partial charge in [0.05, 0.1) is 8.41 Å². The van der Waals surface area contributed by atoms with Crippen molar-refractivity contribution in [2.75, 3.05) is 0 Å². The number of rotatable bonds is 1. The molecule has 0 aliphatic rings. The second-order valence-electron chi connectivity index (χ2n) is 1.80. The molecule has 0 saturated carbocycles. The Kier molecular flexibility index (Phi) is 10.2. The van der Waals surface area contributed by atoms with Gasteiger partial charge in [-0.15, -0.1) is 0 Å². The predicted octanol–water partition coefficient (Wildman–Crippen LogP) is 0.189. The standard InChI is InChI=1S/C4H9.BH3.Na/c1-3-4-2;;/h3H,4H2,1-2H3;1H3;. The van der Waals surface area contributed by atoms with Crippen molar-refractivity contribution in [3.63, 3.8) is 0 Å². The zero-order valence-electron chi connectivity index (χ0n) is 4.28. The summed E-state index contributed by atoms with van der Waals surface area (Å²) in [6.45, 7) is 4.52. The van der Waals surface area contributed by atoms with Gasteiger partial charge < -0.3 is 0 Å². The fourth-order valence-electron chi connectivity index (χ4n) is 0. The summed E-state index contributed by atoms with van der Waals surface area (Å²) in [5.41, 5.74) is 0. The summed E-state index contributed by atoms with van der Waals surface area (Å²) in [6.07, 6.45) is 1.37. The van der Waals surface area contributed by atoms with Crippen molar-refractivity contribution >= 4 is 36.3 Å². The first kappa shape index (κ1) is 10.1. The quantitative estimate of drug-likeness (QED) is 0.407. The van der Waals surface area contributed by atoms with E-state index in [1.54, 1.807) is 0 Å². The first-order valence-corrected chi connectivity index (χ1v) is 3.42. The predicted molar refractivity (Wildman–Crippen MR) is 35.4 cm³/mol. The van der Waals surface area contributed by atoms with Crippen LogP contribution in [0, 0.1) is 0 Å². The van der Waals surface area contributed by atoms with Crippen molar-refractivity contribution in [1.82, 2.24) is 0 Å². The Hall–Kier alpha value is 1.06. The van der Waals surface area contributed by atoms with Crippen LogP contribution in [0.25, 0.3) is 0 Å². The van der Waals surface area contributed by atoms with Crippen LogP contribution >= 0.6 is 0 Å². The molecule has 0 bridgehead atoms. The average Bonchev–Trinajstić information content (AvgIpc) is 1.38. The maximum absolute atomic E-state index is 2.28. The molecule has 1 atom stereocenters. The summed E-state index contributed by atoms with van der Waals surface area (Å²) >= 11 is 1.37. The van der Waals surface area contributed by atoms with E-state index in [0.29, 0.717) is 0 Å². The fraction of sp³-hybridized carbons (Fsp3) is 1.00. The van der Waals surface area contributed by atoms with E-state index in [1.165, 1.54) is 34.4 Å². The van der Waals surface area contributed by atoms with Gasteiger partial charge >= 0.3 is 51.4 Å². The molecular weight excluding hydrogens is 81.8 g/mol. The summed E-state index contributed by atoms with van der Waals surface area (Å²) < 4.78 is 1.02. The third-order valence-electron chi connectivity index (χ3n) is 0.816. The molecule has 0 rings (SSSR count). The van der Waals surface area contributed by atoms with Crippen molar-refractivity contribution < 1.29 is 0 Å². The minimum atomic E-state index is 0. The third-order valence-corrected chi connectivity index (χ3v) is 1.63. The van der Waals surface area contributed by atoms with Gasteiger partial charge in [0, 0.05) is 0 Å². The molecular formula is C4H12BNa. The molecule has 2 heteroatoms. The van der Waals surface area contributed by atoms with Gasteiger partial charge in [-0.1, -0.05) is 0 Å². The van der Waals surface area contributed by atoms with Gasteiger partial charge in [0.1, 0.15) is 0 Å². The zero-order valence-corrected chi connectivity index (χ0v) is 6.28. The summed E-state index contributed by atoms with van der Waals surface area (Å²) in [4.78, 5) is 0. The van der Waals surface area contributed by atoms with Crippen LogP contribution in [0.1, 0.15) is 20.3 Å². The van der Waals surface area contributed by atoms with Gasteiger partial charge in [0.15, 0.2) is 0 Å². The summed E-state index contributed by atoms with van der Waals surface area (Å²) in [7, 11) is 0. The second-order valence-corrected chi connectivity index (χ2v) is 3.77. The Morgan fingerprint density at radius 3 is 1.83 bits per heavy atom. The Bertz CT molecular complexity index is 21.5. The number of hydrogen-bond donors (Lipinski definition) is 0. The minimum absolute atomic E-state index is 0. The Morgan fingerprint density at radius 1 is 1.67 bits per heavy atom. The van der Waals surface area contributed by atoms with E-state index in [2.05, 4.69) is 13.8 Å². The van der Waals surface area contributed by atoms with Crippen molar-refractivity contribution in [3.8, 4) is 0 Å². The molecule has 0 aliphatic carbocycles. The molecule has 1 unspecified atom stereocenters. The molecule has 0 amide bonds. The van der Waals surface area contributed by atoms with Crippen LogP contribution in [0.15, 0.2) is 0 Å². The molecule has 6 heavy (non-hydrogen) atoms. The Balaban J connectivity index is 0. The van der Waals surface area contributed by atoms with Crippen molar-refractivity contribution in [2.45, 2.75) is 23.4 Å². The summed E-state index contributed by atoms with van der Waals surface area (Å²) in [5.74, 6) is 0. The summed E-state index contributed by atoms with van der Waals surface area (Å²) in [5, 5.41) is 0. The molecule has 0 aromatic heterocycles. The van der Waals surface area contributed by atoms with Crippen LogP contribution in [0.3, 0.4) is 0 Å². The Morgan fingerprint density at radius 2 is 1.83 bits per heavy atom. The van der Waals surface area contributed by atoms with E-state index in [1.807, 2.05) is 0 Å². The molecule has 32 valence electrons. The molecule has 0 aromatic carbocycles. The van der Waals surface area contributed by atoms with Crippen molar-refractivity contribution in [3.05, 3.63) is 0 Å². The molecule has 0 N–H and O–H groups in total. The van der Waals surface area contributed by atoms with Gasteiger partial charge in [-0.25, -0.2) is 0 Å².